The van der Waals surface area contributed by atoms with E-state index in [0.717, 1.165) is 47.5 Å². The maximum atomic E-state index is 13.8. The molecule has 48 heavy (non-hydrogen) atoms. The fourth-order valence-corrected chi connectivity index (χ4v) is 5.99. The number of aryl methyl sites for hydroxylation is 2. The second-order valence-corrected chi connectivity index (χ2v) is 12.7. The minimum atomic E-state index is -0.950. The molecule has 4 bridgehead atoms. The molecule has 10 nitrogen and oxygen atoms in total. The largest absolute Gasteiger partial charge is 0.494 e. The molecule has 3 aromatic carbocycles. The SMILES string of the molecule is Cc1ccc2cc1CNC(=O)C(CCc1ccccc1)NC(=O)[C@@H](NC(=O)OCc1ccccc1)CCCCC(=O)N1CC(CCO2)C1. The van der Waals surface area contributed by atoms with Crippen molar-refractivity contribution in [2.45, 2.75) is 77.1 Å². The zero-order chi connectivity index (χ0) is 33.7. The molecule has 3 aromatic rings. The number of alkyl carbamates (subject to hydrolysis) is 1. The van der Waals surface area contributed by atoms with Gasteiger partial charge in [-0.15, -0.1) is 0 Å². The van der Waals surface area contributed by atoms with Crippen molar-refractivity contribution in [3.8, 4) is 5.75 Å². The van der Waals surface area contributed by atoms with Gasteiger partial charge in [0.2, 0.25) is 17.7 Å². The van der Waals surface area contributed by atoms with Gasteiger partial charge in [0.25, 0.3) is 0 Å². The van der Waals surface area contributed by atoms with Gasteiger partial charge < -0.3 is 30.3 Å². The van der Waals surface area contributed by atoms with Gasteiger partial charge in [-0.2, -0.15) is 0 Å². The van der Waals surface area contributed by atoms with E-state index in [0.29, 0.717) is 51.0 Å². The number of amides is 4. The fourth-order valence-electron chi connectivity index (χ4n) is 5.99. The number of carbonyl (C=O) groups is 4. The summed E-state index contributed by atoms with van der Waals surface area (Å²) in [4.78, 5) is 55.0. The highest BCUT2D eigenvalue weighted by molar-refractivity contribution is 5.91. The molecule has 0 saturated carbocycles. The number of hydrogen-bond donors (Lipinski definition) is 3. The van der Waals surface area contributed by atoms with E-state index < -0.39 is 24.1 Å². The number of nitrogens with one attached hydrogen (secondary N) is 3. The first-order chi connectivity index (χ1) is 23.3. The fraction of sp³-hybridized carbons (Fsp3) is 0.421. The predicted octanol–water partition coefficient (Wildman–Crippen LogP) is 4.83. The summed E-state index contributed by atoms with van der Waals surface area (Å²) in [6.07, 6.45) is 2.81. The van der Waals surface area contributed by atoms with Crippen LogP contribution in [0.15, 0.2) is 78.9 Å². The molecule has 4 amide bonds. The predicted molar refractivity (Wildman–Crippen MR) is 182 cm³/mol. The molecule has 0 aliphatic carbocycles. The highest BCUT2D eigenvalue weighted by atomic mass is 16.5. The molecule has 1 saturated heterocycles. The van der Waals surface area contributed by atoms with Gasteiger partial charge >= 0.3 is 6.09 Å². The molecular formula is C38H46N4O6. The van der Waals surface area contributed by atoms with Gasteiger partial charge in [0.15, 0.2) is 0 Å². The maximum absolute atomic E-state index is 13.8. The standard InChI is InChI=1S/C38H46N4O6/c1-27-16-18-32-22-31(27)23-39-36(44)34(19-17-28-10-4-2-5-11-28)40-37(45)33(41-38(46)48-26-29-12-6-3-7-13-29)14-8-9-15-35(43)42-24-30(25-42)20-21-47-32/h2-7,10-13,16,18,22,30,33-34H,8-9,14-15,17,19-21,23-26H2,1H3,(H,39,44)(H,40,45)(H,41,46)/t33-,34?/m0/s1. The number of benzene rings is 3. The van der Waals surface area contributed by atoms with Crippen LogP contribution >= 0.6 is 0 Å². The number of carbonyl (C=O) groups excluding carboxylic acids is 4. The smallest absolute Gasteiger partial charge is 0.408 e. The monoisotopic (exact) mass is 654 g/mol. The van der Waals surface area contributed by atoms with Crippen molar-refractivity contribution < 1.29 is 28.7 Å². The van der Waals surface area contributed by atoms with Gasteiger partial charge in [0.05, 0.1) is 6.61 Å². The van der Waals surface area contributed by atoms with E-state index in [9.17, 15) is 19.2 Å². The topological polar surface area (TPSA) is 126 Å². The lowest BCUT2D eigenvalue weighted by molar-refractivity contribution is -0.138. The summed E-state index contributed by atoms with van der Waals surface area (Å²) >= 11 is 0. The van der Waals surface area contributed by atoms with Crippen LogP contribution < -0.4 is 20.7 Å². The van der Waals surface area contributed by atoms with Gasteiger partial charge in [0, 0.05) is 26.1 Å². The van der Waals surface area contributed by atoms with Gasteiger partial charge in [0.1, 0.15) is 24.4 Å². The minimum Gasteiger partial charge on any atom is -0.494 e. The third-order valence-corrected chi connectivity index (χ3v) is 9.03. The average molecular weight is 655 g/mol. The van der Waals surface area contributed by atoms with Crippen molar-refractivity contribution >= 4 is 23.8 Å². The highest BCUT2D eigenvalue weighted by Crippen LogP contribution is 2.23. The molecule has 3 aliphatic heterocycles. The van der Waals surface area contributed by atoms with E-state index >= 15 is 0 Å². The molecule has 2 atom stereocenters. The van der Waals surface area contributed by atoms with Crippen molar-refractivity contribution in [1.82, 2.24) is 20.9 Å². The first kappa shape index (κ1) is 34.5. The second kappa shape index (κ2) is 17.3. The Labute approximate surface area is 282 Å². The van der Waals surface area contributed by atoms with Crippen LogP contribution in [0.1, 0.15) is 60.8 Å². The lowest BCUT2D eigenvalue weighted by Gasteiger charge is -2.39. The molecule has 254 valence electrons. The van der Waals surface area contributed by atoms with Crippen LogP contribution in [0.3, 0.4) is 0 Å². The summed E-state index contributed by atoms with van der Waals surface area (Å²) in [6, 6.07) is 23.1. The van der Waals surface area contributed by atoms with Crippen molar-refractivity contribution in [1.29, 1.82) is 0 Å². The normalized spacial score (nSPS) is 21.0. The van der Waals surface area contributed by atoms with Gasteiger partial charge in [-0.3, -0.25) is 14.4 Å². The number of hydrogen-bond acceptors (Lipinski definition) is 6. The molecule has 0 radical (unpaired) electrons. The van der Waals surface area contributed by atoms with Crippen LogP contribution in [0.25, 0.3) is 0 Å². The van der Waals surface area contributed by atoms with Gasteiger partial charge in [-0.25, -0.2) is 4.79 Å². The van der Waals surface area contributed by atoms with E-state index in [1.54, 1.807) is 0 Å². The summed E-state index contributed by atoms with van der Waals surface area (Å²) in [5.74, 6) is 0.425. The molecule has 3 heterocycles. The van der Waals surface area contributed by atoms with Crippen molar-refractivity contribution in [2.75, 3.05) is 19.7 Å². The zero-order valence-corrected chi connectivity index (χ0v) is 27.6. The van der Waals surface area contributed by atoms with Crippen molar-refractivity contribution in [3.63, 3.8) is 0 Å². The molecule has 0 spiro atoms. The number of fused-ring (bicyclic) bond motifs is 13. The van der Waals surface area contributed by atoms with Crippen LogP contribution in [-0.2, 0) is 38.7 Å². The average Bonchev–Trinajstić information content (AvgIpc) is 3.08. The minimum absolute atomic E-state index is 0.0557. The zero-order valence-electron chi connectivity index (χ0n) is 27.6. The van der Waals surface area contributed by atoms with Crippen LogP contribution in [0, 0.1) is 12.8 Å². The third-order valence-electron chi connectivity index (χ3n) is 9.03. The highest BCUT2D eigenvalue weighted by Gasteiger charge is 2.31. The van der Waals surface area contributed by atoms with E-state index in [2.05, 4.69) is 16.0 Å². The third kappa shape index (κ3) is 10.3. The summed E-state index contributed by atoms with van der Waals surface area (Å²) in [7, 11) is 0. The first-order valence-electron chi connectivity index (χ1n) is 16.9. The van der Waals surface area contributed by atoms with E-state index in [1.165, 1.54) is 0 Å². The van der Waals surface area contributed by atoms with E-state index in [-0.39, 0.29) is 25.0 Å². The molecular weight excluding hydrogens is 608 g/mol. The molecule has 10 heteroatoms. The van der Waals surface area contributed by atoms with E-state index in [1.807, 2.05) is 90.7 Å². The van der Waals surface area contributed by atoms with Crippen LogP contribution in [0.4, 0.5) is 4.79 Å². The van der Waals surface area contributed by atoms with Crippen molar-refractivity contribution in [2.24, 2.45) is 5.92 Å². The number of ether oxygens (including phenoxy) is 2. The Hall–Kier alpha value is -4.86. The Morgan fingerprint density at radius 2 is 1.65 bits per heavy atom. The van der Waals surface area contributed by atoms with Gasteiger partial charge in [-0.05, 0) is 79.3 Å². The Balaban J connectivity index is 1.31. The van der Waals surface area contributed by atoms with Crippen LogP contribution in [0.2, 0.25) is 0 Å². The Bertz CT molecular complexity index is 1530. The summed E-state index contributed by atoms with van der Waals surface area (Å²) in [6.45, 7) is 4.30. The van der Waals surface area contributed by atoms with Gasteiger partial charge in [-0.1, -0.05) is 73.2 Å². The summed E-state index contributed by atoms with van der Waals surface area (Å²) in [5.41, 5.74) is 3.79. The molecule has 3 aliphatic rings. The lowest BCUT2D eigenvalue weighted by Crippen LogP contribution is -2.53. The maximum Gasteiger partial charge on any atom is 0.408 e. The lowest BCUT2D eigenvalue weighted by atomic mass is 9.96. The Kier molecular flexibility index (Phi) is 12.5. The summed E-state index contributed by atoms with van der Waals surface area (Å²) in [5, 5.41) is 8.65. The molecule has 0 aromatic heterocycles. The quantitative estimate of drug-likeness (QED) is 0.350. The second-order valence-electron chi connectivity index (χ2n) is 12.7. The van der Waals surface area contributed by atoms with Crippen LogP contribution in [0.5, 0.6) is 5.75 Å². The molecule has 1 unspecified atom stereocenters. The molecule has 3 N–H and O–H groups in total. The first-order valence-corrected chi connectivity index (χ1v) is 16.9. The van der Waals surface area contributed by atoms with Crippen LogP contribution in [-0.4, -0.2) is 60.5 Å². The summed E-state index contributed by atoms with van der Waals surface area (Å²) < 4.78 is 11.5. The molecule has 1 fully saturated rings. The van der Waals surface area contributed by atoms with E-state index in [4.69, 9.17) is 9.47 Å². The number of nitrogens with zero attached hydrogens (tertiary/aromatic N) is 1. The Morgan fingerprint density at radius 3 is 2.40 bits per heavy atom. The Morgan fingerprint density at radius 1 is 0.917 bits per heavy atom. The number of rotatable bonds is 6. The van der Waals surface area contributed by atoms with Crippen molar-refractivity contribution in [3.05, 3.63) is 101 Å². The molecule has 6 rings (SSSR count).